The Kier molecular flexibility index (Phi) is 4.35. The first-order valence-electron chi connectivity index (χ1n) is 6.50. The number of rotatable bonds is 5. The maximum Gasteiger partial charge on any atom is 0.336 e. The first-order valence-corrected chi connectivity index (χ1v) is 6.50. The number of benzene rings is 1. The van der Waals surface area contributed by atoms with E-state index in [1.54, 1.807) is 0 Å². The molecule has 4 heteroatoms. The summed E-state index contributed by atoms with van der Waals surface area (Å²) in [5.41, 5.74) is 2.31. The summed E-state index contributed by atoms with van der Waals surface area (Å²) in [4.78, 5) is 13.7. The summed E-state index contributed by atoms with van der Waals surface area (Å²) in [5.74, 6) is 0. The molecule has 4 nitrogen and oxygen atoms in total. The number of hydrogen-bond donors (Lipinski definition) is 1. The van der Waals surface area contributed by atoms with Crippen molar-refractivity contribution >= 4 is 11.0 Å². The number of aryl methyl sites for hydroxylation is 1. The highest BCUT2D eigenvalue weighted by Gasteiger charge is 2.09. The van der Waals surface area contributed by atoms with Crippen LogP contribution in [-0.4, -0.2) is 29.7 Å². The third kappa shape index (κ3) is 3.22. The Morgan fingerprint density at radius 1 is 1.32 bits per heavy atom. The fraction of sp³-hybridized carbons (Fsp3) is 0.400. The molecule has 0 aliphatic heterocycles. The fourth-order valence-corrected chi connectivity index (χ4v) is 2.20. The molecule has 0 amide bonds. The Balaban J connectivity index is 2.44. The van der Waals surface area contributed by atoms with Crippen LogP contribution in [0.5, 0.6) is 0 Å². The summed E-state index contributed by atoms with van der Waals surface area (Å²) in [6.45, 7) is 6.19. The second-order valence-corrected chi connectivity index (χ2v) is 4.68. The van der Waals surface area contributed by atoms with Gasteiger partial charge in [-0.05, 0) is 30.7 Å². The SMILES string of the molecule is CCN(CCO)Cc1cc(=O)oc2cc(C)ccc12. The van der Waals surface area contributed by atoms with E-state index in [0.29, 0.717) is 18.7 Å². The van der Waals surface area contributed by atoms with E-state index in [0.717, 1.165) is 23.1 Å². The molecule has 0 aliphatic carbocycles. The van der Waals surface area contributed by atoms with E-state index in [1.807, 2.05) is 32.0 Å². The zero-order chi connectivity index (χ0) is 13.8. The Labute approximate surface area is 112 Å². The molecule has 0 fully saturated rings. The standard InChI is InChI=1S/C15H19NO3/c1-3-16(6-7-17)10-12-9-15(18)19-14-8-11(2)4-5-13(12)14/h4-5,8-9,17H,3,6-7,10H2,1-2H3. The highest BCUT2D eigenvalue weighted by Crippen LogP contribution is 2.19. The summed E-state index contributed by atoms with van der Waals surface area (Å²) in [5, 5.41) is 9.99. The van der Waals surface area contributed by atoms with Gasteiger partial charge in [0.1, 0.15) is 5.58 Å². The van der Waals surface area contributed by atoms with Gasteiger partial charge in [0, 0.05) is 24.5 Å². The molecule has 0 saturated heterocycles. The van der Waals surface area contributed by atoms with Crippen molar-refractivity contribution < 1.29 is 9.52 Å². The number of hydrogen-bond acceptors (Lipinski definition) is 4. The number of fused-ring (bicyclic) bond motifs is 1. The molecule has 0 unspecified atom stereocenters. The molecule has 0 aliphatic rings. The van der Waals surface area contributed by atoms with Crippen LogP contribution in [0, 0.1) is 6.92 Å². The molecule has 0 saturated carbocycles. The largest absolute Gasteiger partial charge is 0.423 e. The molecule has 0 radical (unpaired) electrons. The first-order chi connectivity index (χ1) is 9.13. The predicted molar refractivity (Wildman–Crippen MR) is 75.3 cm³/mol. The fourth-order valence-electron chi connectivity index (χ4n) is 2.20. The zero-order valence-corrected chi connectivity index (χ0v) is 11.3. The van der Waals surface area contributed by atoms with Gasteiger partial charge in [-0.1, -0.05) is 19.1 Å². The molecule has 1 N–H and O–H groups in total. The lowest BCUT2D eigenvalue weighted by Gasteiger charge is -2.19. The van der Waals surface area contributed by atoms with E-state index < -0.39 is 0 Å². The van der Waals surface area contributed by atoms with Crippen LogP contribution < -0.4 is 5.63 Å². The highest BCUT2D eigenvalue weighted by atomic mass is 16.4. The topological polar surface area (TPSA) is 53.7 Å². The molecule has 1 aromatic heterocycles. The molecular weight excluding hydrogens is 242 g/mol. The van der Waals surface area contributed by atoms with Crippen molar-refractivity contribution in [3.8, 4) is 0 Å². The first kappa shape index (κ1) is 13.8. The predicted octanol–water partition coefficient (Wildman–Crippen LogP) is 1.92. The third-order valence-electron chi connectivity index (χ3n) is 3.24. The molecule has 0 bridgehead atoms. The minimum Gasteiger partial charge on any atom is -0.423 e. The van der Waals surface area contributed by atoms with Crippen molar-refractivity contribution in [2.24, 2.45) is 0 Å². The molecule has 0 spiro atoms. The number of aliphatic hydroxyl groups excluding tert-OH is 1. The van der Waals surface area contributed by atoms with E-state index in [-0.39, 0.29) is 12.2 Å². The minimum absolute atomic E-state index is 0.117. The second-order valence-electron chi connectivity index (χ2n) is 4.68. The molecule has 2 aromatic rings. The maximum atomic E-state index is 11.6. The van der Waals surface area contributed by atoms with Crippen molar-refractivity contribution in [3.05, 3.63) is 45.8 Å². The summed E-state index contributed by atoms with van der Waals surface area (Å²) >= 11 is 0. The Bertz CT molecular complexity index is 618. The monoisotopic (exact) mass is 261 g/mol. The average molecular weight is 261 g/mol. The van der Waals surface area contributed by atoms with Gasteiger partial charge in [0.15, 0.2) is 0 Å². The van der Waals surface area contributed by atoms with Crippen molar-refractivity contribution in [3.63, 3.8) is 0 Å². The van der Waals surface area contributed by atoms with Gasteiger partial charge in [-0.25, -0.2) is 4.79 Å². The van der Waals surface area contributed by atoms with Gasteiger partial charge in [0.2, 0.25) is 0 Å². The van der Waals surface area contributed by atoms with Crippen LogP contribution in [0.4, 0.5) is 0 Å². The smallest absolute Gasteiger partial charge is 0.336 e. The van der Waals surface area contributed by atoms with Crippen LogP contribution in [0.2, 0.25) is 0 Å². The van der Waals surface area contributed by atoms with Gasteiger partial charge < -0.3 is 9.52 Å². The molecular formula is C15H19NO3. The van der Waals surface area contributed by atoms with Crippen LogP contribution in [0.3, 0.4) is 0 Å². The molecule has 0 atom stereocenters. The summed E-state index contributed by atoms with van der Waals surface area (Å²) in [6, 6.07) is 7.41. The van der Waals surface area contributed by atoms with E-state index in [4.69, 9.17) is 9.52 Å². The maximum absolute atomic E-state index is 11.6. The van der Waals surface area contributed by atoms with E-state index in [2.05, 4.69) is 4.90 Å². The van der Waals surface area contributed by atoms with Crippen molar-refractivity contribution in [2.45, 2.75) is 20.4 Å². The quantitative estimate of drug-likeness (QED) is 0.835. The Hall–Kier alpha value is -1.65. The molecule has 1 heterocycles. The lowest BCUT2D eigenvalue weighted by Crippen LogP contribution is -2.26. The lowest BCUT2D eigenvalue weighted by atomic mass is 10.1. The van der Waals surface area contributed by atoms with Gasteiger partial charge in [-0.2, -0.15) is 0 Å². The summed E-state index contributed by atoms with van der Waals surface area (Å²) in [7, 11) is 0. The van der Waals surface area contributed by atoms with Gasteiger partial charge >= 0.3 is 5.63 Å². The van der Waals surface area contributed by atoms with Crippen LogP contribution in [-0.2, 0) is 6.54 Å². The van der Waals surface area contributed by atoms with Crippen LogP contribution in [0.25, 0.3) is 11.0 Å². The summed E-state index contributed by atoms with van der Waals surface area (Å²) in [6.07, 6.45) is 0. The summed E-state index contributed by atoms with van der Waals surface area (Å²) < 4.78 is 5.23. The highest BCUT2D eigenvalue weighted by molar-refractivity contribution is 5.80. The van der Waals surface area contributed by atoms with Crippen molar-refractivity contribution in [2.75, 3.05) is 19.7 Å². The van der Waals surface area contributed by atoms with Gasteiger partial charge in [-0.3, -0.25) is 4.90 Å². The van der Waals surface area contributed by atoms with Crippen LogP contribution in [0.15, 0.2) is 33.5 Å². The molecule has 102 valence electrons. The minimum atomic E-state index is -0.326. The number of nitrogens with zero attached hydrogens (tertiary/aromatic N) is 1. The van der Waals surface area contributed by atoms with Gasteiger partial charge in [0.05, 0.1) is 6.61 Å². The number of aliphatic hydroxyl groups is 1. The third-order valence-corrected chi connectivity index (χ3v) is 3.24. The van der Waals surface area contributed by atoms with Gasteiger partial charge in [-0.15, -0.1) is 0 Å². The molecule has 1 aromatic carbocycles. The Morgan fingerprint density at radius 2 is 2.11 bits per heavy atom. The van der Waals surface area contributed by atoms with Crippen molar-refractivity contribution in [1.82, 2.24) is 4.90 Å². The normalized spacial score (nSPS) is 11.4. The molecule has 19 heavy (non-hydrogen) atoms. The lowest BCUT2D eigenvalue weighted by molar-refractivity contribution is 0.197. The Morgan fingerprint density at radius 3 is 2.79 bits per heavy atom. The molecule has 2 rings (SSSR count). The zero-order valence-electron chi connectivity index (χ0n) is 11.3. The van der Waals surface area contributed by atoms with E-state index in [1.165, 1.54) is 6.07 Å². The van der Waals surface area contributed by atoms with Gasteiger partial charge in [0.25, 0.3) is 0 Å². The second kappa shape index (κ2) is 5.99. The van der Waals surface area contributed by atoms with E-state index in [9.17, 15) is 4.79 Å². The van der Waals surface area contributed by atoms with Crippen molar-refractivity contribution in [1.29, 1.82) is 0 Å². The van der Waals surface area contributed by atoms with E-state index >= 15 is 0 Å². The van der Waals surface area contributed by atoms with Crippen LogP contribution >= 0.6 is 0 Å². The van der Waals surface area contributed by atoms with Crippen LogP contribution in [0.1, 0.15) is 18.1 Å². The number of likely N-dealkylation sites (N-methyl/N-ethyl adjacent to an activating group) is 1. The average Bonchev–Trinajstić information content (AvgIpc) is 2.37.